The zero-order valence-corrected chi connectivity index (χ0v) is 15.4. The molecule has 2 aromatic rings. The molecule has 2 aliphatic heterocycles. The Kier molecular flexibility index (Phi) is 4.47. The van der Waals surface area contributed by atoms with Gasteiger partial charge in [0, 0.05) is 19.6 Å². The van der Waals surface area contributed by atoms with Crippen LogP contribution in [0.1, 0.15) is 31.7 Å². The van der Waals surface area contributed by atoms with Crippen LogP contribution in [0, 0.1) is 17.8 Å². The van der Waals surface area contributed by atoms with Crippen LogP contribution in [0.25, 0.3) is 11.0 Å². The maximum Gasteiger partial charge on any atom is 0.0961 e. The average molecular weight is 354 g/mol. The first-order chi connectivity index (χ1) is 12.8. The third kappa shape index (κ3) is 3.06. The van der Waals surface area contributed by atoms with Crippen LogP contribution < -0.4 is 5.32 Å². The van der Waals surface area contributed by atoms with E-state index in [1.165, 1.54) is 45.6 Å². The summed E-state index contributed by atoms with van der Waals surface area (Å²) in [5.74, 6) is 2.23. The molecule has 0 radical (unpaired) electrons. The van der Waals surface area contributed by atoms with Gasteiger partial charge in [-0.2, -0.15) is 0 Å². The van der Waals surface area contributed by atoms with Crippen LogP contribution in [0.15, 0.2) is 30.6 Å². The number of nitrogens with one attached hydrogen (secondary N) is 1. The van der Waals surface area contributed by atoms with Crippen molar-refractivity contribution in [2.24, 2.45) is 17.8 Å². The minimum Gasteiger partial charge on any atom is -0.391 e. The fourth-order valence-corrected chi connectivity index (χ4v) is 5.62. The van der Waals surface area contributed by atoms with Gasteiger partial charge in [0.25, 0.3) is 0 Å². The van der Waals surface area contributed by atoms with Gasteiger partial charge >= 0.3 is 0 Å². The number of aromatic nitrogens is 2. The lowest BCUT2D eigenvalue weighted by atomic mass is 9.77. The van der Waals surface area contributed by atoms with Crippen molar-refractivity contribution >= 4 is 11.0 Å². The van der Waals surface area contributed by atoms with E-state index in [2.05, 4.69) is 38.0 Å². The Morgan fingerprint density at radius 1 is 1.08 bits per heavy atom. The number of hydrogen-bond acceptors (Lipinski definition) is 4. The number of likely N-dealkylation sites (tertiary alicyclic amines) is 1. The molecule has 3 heterocycles. The predicted molar refractivity (Wildman–Crippen MR) is 103 cm³/mol. The highest BCUT2D eigenvalue weighted by Crippen LogP contribution is 2.42. The Hall–Kier alpha value is -1.43. The van der Waals surface area contributed by atoms with E-state index in [1.807, 2.05) is 12.4 Å². The number of aliphatic hydroxyl groups is 1. The Bertz CT molecular complexity index is 753. The summed E-state index contributed by atoms with van der Waals surface area (Å²) in [4.78, 5) is 7.23. The van der Waals surface area contributed by atoms with E-state index in [9.17, 15) is 5.11 Å². The second-order valence-electron chi connectivity index (χ2n) is 8.68. The van der Waals surface area contributed by atoms with E-state index in [0.29, 0.717) is 11.8 Å². The van der Waals surface area contributed by atoms with Gasteiger partial charge in [-0.3, -0.25) is 0 Å². The van der Waals surface area contributed by atoms with Crippen molar-refractivity contribution in [3.63, 3.8) is 0 Å². The van der Waals surface area contributed by atoms with Gasteiger partial charge < -0.3 is 19.9 Å². The van der Waals surface area contributed by atoms with Crippen molar-refractivity contribution in [1.82, 2.24) is 19.8 Å². The van der Waals surface area contributed by atoms with Gasteiger partial charge in [0.2, 0.25) is 0 Å². The Morgan fingerprint density at radius 2 is 1.85 bits per heavy atom. The smallest absolute Gasteiger partial charge is 0.0961 e. The number of rotatable bonds is 3. The molecule has 140 valence electrons. The standard InChI is InChI=1S/C21H30N4O/c26-21-10-17-13-24(11-15-5-7-22-8-6-15)12-16(17)9-20(21)25-14-23-18-3-1-2-4-19(18)25/h1-4,14-17,20-22,26H,5-13H2/t16-,17+,20-,21-/m1/s1. The molecule has 26 heavy (non-hydrogen) atoms. The Morgan fingerprint density at radius 3 is 2.69 bits per heavy atom. The molecular formula is C21H30N4O. The molecule has 5 rings (SSSR count). The largest absolute Gasteiger partial charge is 0.391 e. The fourth-order valence-electron chi connectivity index (χ4n) is 5.62. The van der Waals surface area contributed by atoms with Crippen molar-refractivity contribution in [3.8, 4) is 0 Å². The lowest BCUT2D eigenvalue weighted by Gasteiger charge is -2.36. The van der Waals surface area contributed by atoms with E-state index >= 15 is 0 Å². The normalized spacial score (nSPS) is 33.6. The third-order valence-electron chi connectivity index (χ3n) is 7.00. The molecule has 2 saturated heterocycles. The van der Waals surface area contributed by atoms with Crippen LogP contribution in [0.2, 0.25) is 0 Å². The monoisotopic (exact) mass is 354 g/mol. The number of imidazole rings is 1. The number of benzene rings is 1. The molecule has 0 unspecified atom stereocenters. The molecule has 1 saturated carbocycles. The van der Waals surface area contributed by atoms with Crippen molar-refractivity contribution in [1.29, 1.82) is 0 Å². The molecule has 5 nitrogen and oxygen atoms in total. The van der Waals surface area contributed by atoms with Gasteiger partial charge in [0.05, 0.1) is 29.5 Å². The van der Waals surface area contributed by atoms with E-state index in [-0.39, 0.29) is 12.1 Å². The topological polar surface area (TPSA) is 53.3 Å². The summed E-state index contributed by atoms with van der Waals surface area (Å²) in [6.45, 7) is 6.01. The first-order valence-corrected chi connectivity index (χ1v) is 10.3. The van der Waals surface area contributed by atoms with Crippen molar-refractivity contribution in [2.45, 2.75) is 37.8 Å². The second-order valence-corrected chi connectivity index (χ2v) is 8.68. The lowest BCUT2D eigenvalue weighted by molar-refractivity contribution is 0.0374. The molecule has 2 N–H and O–H groups in total. The molecule has 0 spiro atoms. The third-order valence-corrected chi connectivity index (χ3v) is 7.00. The highest BCUT2D eigenvalue weighted by molar-refractivity contribution is 5.75. The number of aliphatic hydroxyl groups excluding tert-OH is 1. The minimum absolute atomic E-state index is 0.169. The number of para-hydroxylation sites is 2. The number of hydrogen-bond donors (Lipinski definition) is 2. The summed E-state index contributed by atoms with van der Waals surface area (Å²) in [5, 5.41) is 14.4. The van der Waals surface area contributed by atoms with Crippen LogP contribution >= 0.6 is 0 Å². The molecular weight excluding hydrogens is 324 g/mol. The van der Waals surface area contributed by atoms with Crippen LogP contribution in [0.3, 0.4) is 0 Å². The van der Waals surface area contributed by atoms with Crippen LogP contribution in [-0.4, -0.2) is 58.4 Å². The minimum atomic E-state index is -0.257. The molecule has 4 atom stereocenters. The maximum atomic E-state index is 10.9. The zero-order chi connectivity index (χ0) is 17.5. The molecule has 1 aromatic carbocycles. The first kappa shape index (κ1) is 16.7. The van der Waals surface area contributed by atoms with Crippen LogP contribution in [-0.2, 0) is 0 Å². The van der Waals surface area contributed by atoms with Gasteiger partial charge in [-0.15, -0.1) is 0 Å². The molecule has 1 aliphatic carbocycles. The lowest BCUT2D eigenvalue weighted by Crippen LogP contribution is -2.36. The zero-order valence-electron chi connectivity index (χ0n) is 15.4. The molecule has 0 amide bonds. The predicted octanol–water partition coefficient (Wildman–Crippen LogP) is 2.28. The van der Waals surface area contributed by atoms with Gasteiger partial charge in [0.15, 0.2) is 0 Å². The summed E-state index contributed by atoms with van der Waals surface area (Å²) in [7, 11) is 0. The summed E-state index contributed by atoms with van der Waals surface area (Å²) in [5.41, 5.74) is 2.18. The maximum absolute atomic E-state index is 10.9. The van der Waals surface area contributed by atoms with E-state index in [4.69, 9.17) is 0 Å². The quantitative estimate of drug-likeness (QED) is 0.888. The molecule has 5 heteroatoms. The van der Waals surface area contributed by atoms with Crippen molar-refractivity contribution in [2.75, 3.05) is 32.7 Å². The van der Waals surface area contributed by atoms with Gasteiger partial charge in [-0.1, -0.05) is 12.1 Å². The molecule has 3 aliphatic rings. The SMILES string of the molecule is O[C@@H]1C[C@H]2CN(CC3CCNCC3)C[C@H]2C[C@H]1n1cnc2ccccc21. The van der Waals surface area contributed by atoms with Crippen LogP contribution in [0.5, 0.6) is 0 Å². The Balaban J connectivity index is 1.29. The van der Waals surface area contributed by atoms with Gasteiger partial charge in [-0.25, -0.2) is 4.98 Å². The van der Waals surface area contributed by atoms with E-state index < -0.39 is 0 Å². The van der Waals surface area contributed by atoms with Gasteiger partial charge in [0.1, 0.15) is 0 Å². The highest BCUT2D eigenvalue weighted by atomic mass is 16.3. The van der Waals surface area contributed by atoms with Crippen molar-refractivity contribution in [3.05, 3.63) is 30.6 Å². The van der Waals surface area contributed by atoms with Crippen molar-refractivity contribution < 1.29 is 5.11 Å². The Labute approximate surface area is 155 Å². The second kappa shape index (κ2) is 6.95. The summed E-state index contributed by atoms with van der Waals surface area (Å²) >= 11 is 0. The van der Waals surface area contributed by atoms with E-state index in [1.54, 1.807) is 0 Å². The summed E-state index contributed by atoms with van der Waals surface area (Å²) < 4.78 is 2.23. The average Bonchev–Trinajstić information content (AvgIpc) is 3.25. The van der Waals surface area contributed by atoms with Gasteiger partial charge in [-0.05, 0) is 68.7 Å². The fraction of sp³-hybridized carbons (Fsp3) is 0.667. The summed E-state index contributed by atoms with van der Waals surface area (Å²) in [6, 6.07) is 8.44. The number of fused-ring (bicyclic) bond motifs is 2. The van der Waals surface area contributed by atoms with Crippen LogP contribution in [0.4, 0.5) is 0 Å². The highest BCUT2D eigenvalue weighted by Gasteiger charge is 2.42. The van der Waals surface area contributed by atoms with E-state index in [0.717, 1.165) is 29.8 Å². The molecule has 1 aromatic heterocycles. The first-order valence-electron chi connectivity index (χ1n) is 10.3. The molecule has 0 bridgehead atoms. The molecule has 3 fully saturated rings. The number of piperidine rings is 1. The number of nitrogens with zero attached hydrogens (tertiary/aromatic N) is 3. The summed E-state index contributed by atoms with van der Waals surface area (Å²) in [6.07, 6.45) is 6.32.